The van der Waals surface area contributed by atoms with Crippen LogP contribution in [0.4, 0.5) is 5.69 Å². The summed E-state index contributed by atoms with van der Waals surface area (Å²) in [7, 11) is 2.07. The monoisotopic (exact) mass is 345 g/mol. The van der Waals surface area contributed by atoms with Crippen LogP contribution in [-0.4, -0.2) is 56.1 Å². The van der Waals surface area contributed by atoms with Gasteiger partial charge >= 0.3 is 0 Å². The number of amides is 2. The molecule has 2 N–H and O–H groups in total. The third-order valence-corrected chi connectivity index (χ3v) is 5.03. The first-order valence-corrected chi connectivity index (χ1v) is 9.11. The Morgan fingerprint density at radius 1 is 1.20 bits per heavy atom. The number of nitrogens with zero attached hydrogens (tertiary/aromatic N) is 1. The molecule has 1 aromatic carbocycles. The lowest BCUT2D eigenvalue weighted by molar-refractivity contribution is -0.121. The van der Waals surface area contributed by atoms with E-state index in [2.05, 4.69) is 22.6 Å². The lowest BCUT2D eigenvalue weighted by Crippen LogP contribution is -2.36. The van der Waals surface area contributed by atoms with Crippen LogP contribution in [0.2, 0.25) is 0 Å². The second-order valence-electron chi connectivity index (χ2n) is 6.96. The van der Waals surface area contributed by atoms with E-state index in [1.165, 1.54) is 0 Å². The zero-order valence-electron chi connectivity index (χ0n) is 14.8. The van der Waals surface area contributed by atoms with Gasteiger partial charge in [0.1, 0.15) is 0 Å². The molecule has 0 spiro atoms. The number of carbonyl (C=O) groups is 2. The molecule has 1 aromatic rings. The highest BCUT2D eigenvalue weighted by Gasteiger charge is 2.24. The van der Waals surface area contributed by atoms with E-state index >= 15 is 0 Å². The topological polar surface area (TPSA) is 70.7 Å². The van der Waals surface area contributed by atoms with Crippen molar-refractivity contribution in [2.24, 2.45) is 5.92 Å². The molecule has 3 rings (SSSR count). The molecule has 2 heterocycles. The van der Waals surface area contributed by atoms with E-state index in [-0.39, 0.29) is 23.8 Å². The fraction of sp³-hybridized carbons (Fsp3) is 0.579. The molecule has 0 saturated carbocycles. The van der Waals surface area contributed by atoms with Gasteiger partial charge in [-0.2, -0.15) is 0 Å². The molecule has 0 aliphatic carbocycles. The second-order valence-corrected chi connectivity index (χ2v) is 6.96. The molecule has 6 heteroatoms. The molecule has 0 aromatic heterocycles. The van der Waals surface area contributed by atoms with Gasteiger partial charge in [-0.15, -0.1) is 0 Å². The Morgan fingerprint density at radius 3 is 2.68 bits per heavy atom. The van der Waals surface area contributed by atoms with Gasteiger partial charge in [0.05, 0.1) is 17.4 Å². The average molecular weight is 345 g/mol. The summed E-state index contributed by atoms with van der Waals surface area (Å²) in [5.41, 5.74) is 1.08. The molecule has 1 atom stereocenters. The van der Waals surface area contributed by atoms with Crippen molar-refractivity contribution in [2.75, 3.05) is 38.6 Å². The van der Waals surface area contributed by atoms with Gasteiger partial charge < -0.3 is 20.3 Å². The summed E-state index contributed by atoms with van der Waals surface area (Å²) in [4.78, 5) is 27.3. The van der Waals surface area contributed by atoms with Crippen LogP contribution in [-0.2, 0) is 9.53 Å². The predicted molar refractivity (Wildman–Crippen MR) is 96.6 cm³/mol. The zero-order chi connectivity index (χ0) is 17.6. The number of hydrogen-bond donors (Lipinski definition) is 2. The Bertz CT molecular complexity index is 606. The second kappa shape index (κ2) is 8.45. The van der Waals surface area contributed by atoms with E-state index in [4.69, 9.17) is 4.74 Å². The van der Waals surface area contributed by atoms with E-state index in [0.717, 1.165) is 45.4 Å². The van der Waals surface area contributed by atoms with Crippen molar-refractivity contribution >= 4 is 17.5 Å². The van der Waals surface area contributed by atoms with Gasteiger partial charge in [0.2, 0.25) is 5.91 Å². The van der Waals surface area contributed by atoms with E-state index in [1.54, 1.807) is 12.1 Å². The molecule has 2 saturated heterocycles. The fourth-order valence-electron chi connectivity index (χ4n) is 3.40. The predicted octanol–water partition coefficient (Wildman–Crippen LogP) is 1.88. The molecule has 1 unspecified atom stereocenters. The Kier molecular flexibility index (Phi) is 6.04. The number of piperidine rings is 1. The zero-order valence-corrected chi connectivity index (χ0v) is 14.8. The first kappa shape index (κ1) is 17.9. The molecule has 25 heavy (non-hydrogen) atoms. The third kappa shape index (κ3) is 4.80. The minimum absolute atomic E-state index is 0.00692. The van der Waals surface area contributed by atoms with Crippen LogP contribution in [0.15, 0.2) is 24.3 Å². The lowest BCUT2D eigenvalue weighted by atomic mass is 9.96. The van der Waals surface area contributed by atoms with Crippen molar-refractivity contribution in [3.63, 3.8) is 0 Å². The van der Waals surface area contributed by atoms with Crippen molar-refractivity contribution in [2.45, 2.75) is 31.8 Å². The van der Waals surface area contributed by atoms with Crippen LogP contribution in [0.1, 0.15) is 36.0 Å². The number of benzene rings is 1. The number of carbonyl (C=O) groups excluding carboxylic acids is 2. The van der Waals surface area contributed by atoms with E-state index in [0.29, 0.717) is 17.8 Å². The number of nitrogens with one attached hydrogen (secondary N) is 2. The summed E-state index contributed by atoms with van der Waals surface area (Å²) >= 11 is 0. The summed E-state index contributed by atoms with van der Waals surface area (Å²) in [5.74, 6) is -0.151. The normalized spacial score (nSPS) is 21.9. The quantitative estimate of drug-likeness (QED) is 0.855. The maximum atomic E-state index is 12.5. The minimum atomic E-state index is -0.172. The first-order chi connectivity index (χ1) is 12.1. The SMILES string of the molecule is CN1CCC(C(=O)Nc2ccccc2C(=O)NCC2CCCO2)CC1. The molecule has 0 bridgehead atoms. The molecule has 2 aliphatic heterocycles. The molecule has 0 radical (unpaired) electrons. The molecule has 2 aliphatic rings. The lowest BCUT2D eigenvalue weighted by Gasteiger charge is -2.28. The highest BCUT2D eigenvalue weighted by Crippen LogP contribution is 2.21. The number of ether oxygens (including phenoxy) is 1. The summed E-state index contributed by atoms with van der Waals surface area (Å²) in [6.07, 6.45) is 3.84. The average Bonchev–Trinajstić information content (AvgIpc) is 3.14. The van der Waals surface area contributed by atoms with Crippen LogP contribution < -0.4 is 10.6 Å². The molecule has 2 amide bonds. The Hall–Kier alpha value is -1.92. The third-order valence-electron chi connectivity index (χ3n) is 5.03. The minimum Gasteiger partial charge on any atom is -0.376 e. The Labute approximate surface area is 148 Å². The van der Waals surface area contributed by atoms with Gasteiger partial charge in [0, 0.05) is 19.1 Å². The van der Waals surface area contributed by atoms with Gasteiger partial charge in [0.15, 0.2) is 0 Å². The fourth-order valence-corrected chi connectivity index (χ4v) is 3.40. The summed E-state index contributed by atoms with van der Waals surface area (Å²) in [6.45, 7) is 3.14. The van der Waals surface area contributed by atoms with Gasteiger partial charge in [-0.3, -0.25) is 9.59 Å². The van der Waals surface area contributed by atoms with Gasteiger partial charge in [-0.1, -0.05) is 12.1 Å². The van der Waals surface area contributed by atoms with Crippen LogP contribution in [0.3, 0.4) is 0 Å². The first-order valence-electron chi connectivity index (χ1n) is 9.11. The molecule has 6 nitrogen and oxygen atoms in total. The van der Waals surface area contributed by atoms with Crippen LogP contribution >= 0.6 is 0 Å². The summed E-state index contributed by atoms with van der Waals surface area (Å²) < 4.78 is 5.53. The van der Waals surface area contributed by atoms with Gasteiger partial charge in [0.25, 0.3) is 5.91 Å². The molecular weight excluding hydrogens is 318 g/mol. The number of anilines is 1. The number of rotatable bonds is 5. The molecular formula is C19H27N3O3. The van der Waals surface area contributed by atoms with Crippen molar-refractivity contribution in [1.82, 2.24) is 10.2 Å². The molecule has 136 valence electrons. The van der Waals surface area contributed by atoms with Crippen LogP contribution in [0, 0.1) is 5.92 Å². The van der Waals surface area contributed by atoms with Crippen LogP contribution in [0.5, 0.6) is 0 Å². The molecule has 2 fully saturated rings. The maximum Gasteiger partial charge on any atom is 0.253 e. The number of hydrogen-bond acceptors (Lipinski definition) is 4. The van der Waals surface area contributed by atoms with E-state index in [9.17, 15) is 9.59 Å². The van der Waals surface area contributed by atoms with Crippen molar-refractivity contribution < 1.29 is 14.3 Å². The van der Waals surface area contributed by atoms with Gasteiger partial charge in [-0.25, -0.2) is 0 Å². The summed E-state index contributed by atoms with van der Waals surface area (Å²) in [5, 5.41) is 5.87. The van der Waals surface area contributed by atoms with Crippen molar-refractivity contribution in [3.05, 3.63) is 29.8 Å². The van der Waals surface area contributed by atoms with Gasteiger partial charge in [-0.05, 0) is 58.0 Å². The largest absolute Gasteiger partial charge is 0.376 e. The standard InChI is InChI=1S/C19H27N3O3/c1-22-10-8-14(9-11-22)18(23)21-17-7-3-2-6-16(17)19(24)20-13-15-5-4-12-25-15/h2-3,6-7,14-15H,4-5,8-13H2,1H3,(H,20,24)(H,21,23). The maximum absolute atomic E-state index is 12.5. The number of para-hydroxylation sites is 1. The highest BCUT2D eigenvalue weighted by atomic mass is 16.5. The van der Waals surface area contributed by atoms with Crippen molar-refractivity contribution in [3.8, 4) is 0 Å². The van der Waals surface area contributed by atoms with E-state index < -0.39 is 0 Å². The van der Waals surface area contributed by atoms with Crippen LogP contribution in [0.25, 0.3) is 0 Å². The Morgan fingerprint density at radius 2 is 1.96 bits per heavy atom. The smallest absolute Gasteiger partial charge is 0.253 e. The Balaban J connectivity index is 1.59. The van der Waals surface area contributed by atoms with Crippen molar-refractivity contribution in [1.29, 1.82) is 0 Å². The summed E-state index contributed by atoms with van der Waals surface area (Å²) in [6, 6.07) is 7.18. The highest BCUT2D eigenvalue weighted by molar-refractivity contribution is 6.04. The van der Waals surface area contributed by atoms with E-state index in [1.807, 2.05) is 12.1 Å². The number of likely N-dealkylation sites (tertiary alicyclic amines) is 1.